The van der Waals surface area contributed by atoms with E-state index in [9.17, 15) is 4.79 Å². The van der Waals surface area contributed by atoms with Crippen LogP contribution in [0.3, 0.4) is 0 Å². The van der Waals surface area contributed by atoms with Crippen molar-refractivity contribution in [2.45, 2.75) is 32.6 Å². The zero-order valence-electron chi connectivity index (χ0n) is 17.7. The van der Waals surface area contributed by atoms with Crippen molar-refractivity contribution in [2.24, 2.45) is 0 Å². The summed E-state index contributed by atoms with van der Waals surface area (Å²) >= 11 is 1.79. The van der Waals surface area contributed by atoms with Crippen LogP contribution in [0.25, 0.3) is 21.3 Å². The number of hydrogen-bond acceptors (Lipinski definition) is 4. The number of benzene rings is 2. The van der Waals surface area contributed by atoms with Gasteiger partial charge >= 0.3 is 0 Å². The highest BCUT2D eigenvalue weighted by atomic mass is 32.1. The summed E-state index contributed by atoms with van der Waals surface area (Å²) in [6.07, 6.45) is 4.56. The molecule has 31 heavy (non-hydrogen) atoms. The Balaban J connectivity index is 1.74. The molecule has 0 spiro atoms. The van der Waals surface area contributed by atoms with Gasteiger partial charge < -0.3 is 10.1 Å². The molecule has 1 aliphatic carbocycles. The molecule has 156 valence electrons. The van der Waals surface area contributed by atoms with Crippen LogP contribution in [0.2, 0.25) is 0 Å². The molecule has 5 heteroatoms. The van der Waals surface area contributed by atoms with Gasteiger partial charge in [0.2, 0.25) is 0 Å². The number of methoxy groups -OCH3 is 1. The van der Waals surface area contributed by atoms with Crippen molar-refractivity contribution >= 4 is 33.1 Å². The van der Waals surface area contributed by atoms with Crippen LogP contribution in [-0.4, -0.2) is 18.0 Å². The van der Waals surface area contributed by atoms with Crippen molar-refractivity contribution in [3.05, 3.63) is 76.3 Å². The van der Waals surface area contributed by atoms with Crippen molar-refractivity contribution in [1.82, 2.24) is 4.98 Å². The van der Waals surface area contributed by atoms with E-state index in [1.54, 1.807) is 18.4 Å². The first-order valence-corrected chi connectivity index (χ1v) is 11.4. The van der Waals surface area contributed by atoms with Gasteiger partial charge in [0, 0.05) is 15.8 Å². The Morgan fingerprint density at radius 2 is 1.77 bits per heavy atom. The molecule has 0 fully saturated rings. The lowest BCUT2D eigenvalue weighted by molar-refractivity contribution is 0.102. The number of thiophene rings is 1. The minimum Gasteiger partial charge on any atom is -0.495 e. The third kappa shape index (κ3) is 3.49. The summed E-state index contributed by atoms with van der Waals surface area (Å²) in [5.41, 5.74) is 5.46. The lowest BCUT2D eigenvalue weighted by Crippen LogP contribution is -2.16. The predicted octanol–water partition coefficient (Wildman–Crippen LogP) is 6.41. The third-order valence-electron chi connectivity index (χ3n) is 5.93. The van der Waals surface area contributed by atoms with E-state index >= 15 is 0 Å². The number of carbonyl (C=O) groups excluding carboxylic acids is 1. The Bertz CT molecular complexity index is 1280. The van der Waals surface area contributed by atoms with Gasteiger partial charge in [-0.2, -0.15) is 0 Å². The molecule has 5 rings (SSSR count). The largest absolute Gasteiger partial charge is 0.495 e. The molecule has 1 N–H and O–H groups in total. The number of para-hydroxylation sites is 2. The van der Waals surface area contributed by atoms with Crippen molar-refractivity contribution in [3.63, 3.8) is 0 Å². The minimum absolute atomic E-state index is 0.161. The van der Waals surface area contributed by atoms with E-state index in [-0.39, 0.29) is 5.91 Å². The molecule has 0 saturated heterocycles. The summed E-state index contributed by atoms with van der Waals surface area (Å²) < 4.78 is 5.43. The maximum absolute atomic E-state index is 13.6. The highest BCUT2D eigenvalue weighted by Gasteiger charge is 2.26. The Morgan fingerprint density at radius 1 is 1.03 bits per heavy atom. The molecule has 0 saturated carbocycles. The second-order valence-corrected chi connectivity index (χ2v) is 8.94. The SMILES string of the molecule is COc1ccccc1NC(=O)c1c(C)nc2sc3c(c2c1-c1ccccc1)CCCC3. The summed E-state index contributed by atoms with van der Waals surface area (Å²) in [5.74, 6) is 0.475. The average molecular weight is 429 g/mol. The smallest absolute Gasteiger partial charge is 0.258 e. The molecule has 2 aromatic heterocycles. The summed E-state index contributed by atoms with van der Waals surface area (Å²) in [6.45, 7) is 1.93. The zero-order chi connectivity index (χ0) is 21.4. The van der Waals surface area contributed by atoms with Crippen LogP contribution in [0.4, 0.5) is 5.69 Å². The summed E-state index contributed by atoms with van der Waals surface area (Å²) in [5, 5.41) is 4.22. The number of pyridine rings is 1. The molecule has 4 nitrogen and oxygen atoms in total. The van der Waals surface area contributed by atoms with E-state index in [1.807, 2.05) is 49.4 Å². The number of carbonyl (C=O) groups is 1. The first-order valence-electron chi connectivity index (χ1n) is 10.6. The second kappa shape index (κ2) is 8.16. The standard InChI is InChI=1S/C26H24N2O2S/c1-16-22(25(29)28-19-13-7-8-14-20(19)30-2)23(17-10-4-3-5-11-17)24-18-12-6-9-15-21(18)31-26(24)27-16/h3-5,7-8,10-11,13-14H,6,9,12,15H2,1-2H3,(H,28,29). The molecule has 0 aliphatic heterocycles. The number of aromatic nitrogens is 1. The number of aryl methyl sites for hydroxylation is 3. The Labute approximate surface area is 185 Å². The van der Waals surface area contributed by atoms with Crippen LogP contribution in [-0.2, 0) is 12.8 Å². The lowest BCUT2D eigenvalue weighted by atomic mass is 9.89. The molecule has 2 aromatic carbocycles. The van der Waals surface area contributed by atoms with Gasteiger partial charge in [-0.15, -0.1) is 11.3 Å². The number of nitrogens with one attached hydrogen (secondary N) is 1. The monoisotopic (exact) mass is 428 g/mol. The van der Waals surface area contributed by atoms with E-state index in [0.717, 1.165) is 39.9 Å². The molecular weight excluding hydrogens is 404 g/mol. The van der Waals surface area contributed by atoms with Crippen molar-refractivity contribution in [2.75, 3.05) is 12.4 Å². The van der Waals surface area contributed by atoms with E-state index in [1.165, 1.54) is 23.3 Å². The summed E-state index contributed by atoms with van der Waals surface area (Å²) in [4.78, 5) is 21.0. The average Bonchev–Trinajstić information content (AvgIpc) is 3.16. The van der Waals surface area contributed by atoms with E-state index in [0.29, 0.717) is 17.0 Å². The van der Waals surface area contributed by atoms with Crippen LogP contribution in [0.5, 0.6) is 5.75 Å². The fraction of sp³-hybridized carbons (Fsp3) is 0.231. The predicted molar refractivity (Wildman–Crippen MR) is 127 cm³/mol. The van der Waals surface area contributed by atoms with Gasteiger partial charge in [0.25, 0.3) is 5.91 Å². The topological polar surface area (TPSA) is 51.2 Å². The highest BCUT2D eigenvalue weighted by molar-refractivity contribution is 7.19. The van der Waals surface area contributed by atoms with Crippen molar-refractivity contribution in [3.8, 4) is 16.9 Å². The minimum atomic E-state index is -0.161. The van der Waals surface area contributed by atoms with Crippen LogP contribution in [0, 0.1) is 6.92 Å². The van der Waals surface area contributed by atoms with Crippen LogP contribution < -0.4 is 10.1 Å². The van der Waals surface area contributed by atoms with Gasteiger partial charge in [-0.1, -0.05) is 42.5 Å². The summed E-state index contributed by atoms with van der Waals surface area (Å²) in [6, 6.07) is 17.7. The fourth-order valence-corrected chi connectivity index (χ4v) is 5.82. The maximum atomic E-state index is 13.6. The molecular formula is C26H24N2O2S. The van der Waals surface area contributed by atoms with Crippen molar-refractivity contribution < 1.29 is 9.53 Å². The zero-order valence-corrected chi connectivity index (χ0v) is 18.5. The number of rotatable bonds is 4. The number of nitrogens with zero attached hydrogens (tertiary/aromatic N) is 1. The molecule has 4 aromatic rings. The Morgan fingerprint density at radius 3 is 2.58 bits per heavy atom. The van der Waals surface area contributed by atoms with Crippen LogP contribution in [0.1, 0.15) is 39.3 Å². The van der Waals surface area contributed by atoms with Gasteiger partial charge in [-0.3, -0.25) is 4.79 Å². The molecule has 1 amide bonds. The molecule has 2 heterocycles. The Hall–Kier alpha value is -3.18. The highest BCUT2D eigenvalue weighted by Crippen LogP contribution is 2.43. The first-order chi connectivity index (χ1) is 15.2. The number of amides is 1. The number of hydrogen-bond donors (Lipinski definition) is 1. The number of anilines is 1. The van der Waals surface area contributed by atoms with Gasteiger partial charge in [0.1, 0.15) is 10.6 Å². The second-order valence-electron chi connectivity index (χ2n) is 7.86. The molecule has 0 bridgehead atoms. The van der Waals surface area contributed by atoms with Crippen LogP contribution in [0.15, 0.2) is 54.6 Å². The van der Waals surface area contributed by atoms with Gasteiger partial charge in [0.05, 0.1) is 24.1 Å². The fourth-order valence-electron chi connectivity index (χ4n) is 4.51. The normalized spacial score (nSPS) is 13.1. The molecule has 0 atom stereocenters. The quantitative estimate of drug-likeness (QED) is 0.408. The van der Waals surface area contributed by atoms with Gasteiger partial charge in [-0.25, -0.2) is 4.98 Å². The maximum Gasteiger partial charge on any atom is 0.258 e. The first kappa shape index (κ1) is 19.8. The number of fused-ring (bicyclic) bond motifs is 3. The number of ether oxygens (including phenoxy) is 1. The van der Waals surface area contributed by atoms with E-state index < -0.39 is 0 Å². The lowest BCUT2D eigenvalue weighted by Gasteiger charge is -2.17. The molecule has 1 aliphatic rings. The summed E-state index contributed by atoms with van der Waals surface area (Å²) in [7, 11) is 1.61. The van der Waals surface area contributed by atoms with Crippen LogP contribution >= 0.6 is 11.3 Å². The van der Waals surface area contributed by atoms with Gasteiger partial charge in [0.15, 0.2) is 0 Å². The van der Waals surface area contributed by atoms with E-state index in [4.69, 9.17) is 9.72 Å². The van der Waals surface area contributed by atoms with Gasteiger partial charge in [-0.05, 0) is 55.9 Å². The molecule has 0 radical (unpaired) electrons. The van der Waals surface area contributed by atoms with Crippen molar-refractivity contribution in [1.29, 1.82) is 0 Å². The third-order valence-corrected chi connectivity index (χ3v) is 7.11. The Kier molecular flexibility index (Phi) is 5.20. The van der Waals surface area contributed by atoms with E-state index in [2.05, 4.69) is 17.4 Å². The molecule has 0 unspecified atom stereocenters.